The average Bonchev–Trinajstić information content (AvgIpc) is 2.94. The molecule has 108 valence electrons. The lowest BCUT2D eigenvalue weighted by Crippen LogP contribution is -2.24. The van der Waals surface area contributed by atoms with Gasteiger partial charge in [-0.2, -0.15) is 0 Å². The molecule has 3 rings (SSSR count). The minimum absolute atomic E-state index is 0.0391. The van der Waals surface area contributed by atoms with Gasteiger partial charge in [-0.05, 0) is 30.4 Å². The zero-order valence-electron chi connectivity index (χ0n) is 11.3. The van der Waals surface area contributed by atoms with Crippen LogP contribution in [0.3, 0.4) is 0 Å². The van der Waals surface area contributed by atoms with Gasteiger partial charge < -0.3 is 10.8 Å². The molecule has 1 aliphatic carbocycles. The largest absolute Gasteiger partial charge is 0.393 e. The van der Waals surface area contributed by atoms with Crippen LogP contribution in [0.4, 0.5) is 0 Å². The zero-order valence-corrected chi connectivity index (χ0v) is 12.1. The second-order valence-corrected chi connectivity index (χ2v) is 6.39. The van der Waals surface area contributed by atoms with Crippen molar-refractivity contribution in [2.75, 3.05) is 13.1 Å². The lowest BCUT2D eigenvalue weighted by Gasteiger charge is -2.19. The number of nitrogen functional groups attached to an aromatic ring is 1. The van der Waals surface area contributed by atoms with Crippen LogP contribution in [-0.4, -0.2) is 35.0 Å². The predicted octanol–water partition coefficient (Wildman–Crippen LogP) is 1.83. The van der Waals surface area contributed by atoms with E-state index in [1.165, 1.54) is 0 Å². The van der Waals surface area contributed by atoms with Crippen molar-refractivity contribution in [2.24, 2.45) is 17.6 Å². The molecule has 0 radical (unpaired) electrons. The molecule has 0 spiro atoms. The van der Waals surface area contributed by atoms with Crippen LogP contribution in [0.1, 0.15) is 24.0 Å². The number of nitrogens with one attached hydrogen (secondary N) is 1. The summed E-state index contributed by atoms with van der Waals surface area (Å²) in [4.78, 5) is 2.37. The maximum absolute atomic E-state index is 9.95. The van der Waals surface area contributed by atoms with E-state index in [1.807, 2.05) is 12.1 Å². The minimum Gasteiger partial charge on any atom is -0.393 e. The van der Waals surface area contributed by atoms with Gasteiger partial charge >= 0.3 is 0 Å². The molecular weight excluding hydrogens is 274 g/mol. The summed E-state index contributed by atoms with van der Waals surface area (Å²) in [5.41, 5.74) is 7.18. The van der Waals surface area contributed by atoms with E-state index in [4.69, 9.17) is 22.7 Å². The van der Waals surface area contributed by atoms with Crippen LogP contribution in [0.2, 0.25) is 5.02 Å². The first kappa shape index (κ1) is 13.9. The molecule has 0 amide bonds. The van der Waals surface area contributed by atoms with E-state index in [0.717, 1.165) is 38.0 Å². The number of nitrogens with zero attached hydrogens (tertiary/aromatic N) is 1. The van der Waals surface area contributed by atoms with E-state index in [0.29, 0.717) is 22.4 Å². The summed E-state index contributed by atoms with van der Waals surface area (Å²) in [5, 5.41) is 18.0. The molecule has 1 aliphatic heterocycles. The van der Waals surface area contributed by atoms with Gasteiger partial charge in [0.2, 0.25) is 0 Å². The number of nitrogens with two attached hydrogens (primary N) is 1. The smallest absolute Gasteiger partial charge is 0.122 e. The Hall–Kier alpha value is -1.10. The summed E-state index contributed by atoms with van der Waals surface area (Å²) in [6.07, 6.45) is 1.97. The Labute approximate surface area is 124 Å². The topological polar surface area (TPSA) is 73.3 Å². The van der Waals surface area contributed by atoms with E-state index in [-0.39, 0.29) is 11.9 Å². The van der Waals surface area contributed by atoms with Gasteiger partial charge in [-0.25, -0.2) is 0 Å². The third-order valence-corrected chi connectivity index (χ3v) is 5.00. The van der Waals surface area contributed by atoms with Gasteiger partial charge in [-0.1, -0.05) is 23.7 Å². The number of amidine groups is 1. The van der Waals surface area contributed by atoms with Crippen LogP contribution in [0.5, 0.6) is 0 Å². The van der Waals surface area contributed by atoms with Crippen molar-refractivity contribution in [3.8, 4) is 0 Å². The van der Waals surface area contributed by atoms with Gasteiger partial charge in [0.05, 0.1) is 6.10 Å². The van der Waals surface area contributed by atoms with Crippen molar-refractivity contribution in [2.45, 2.75) is 25.5 Å². The van der Waals surface area contributed by atoms with Crippen molar-refractivity contribution >= 4 is 17.4 Å². The van der Waals surface area contributed by atoms with Crippen LogP contribution in [-0.2, 0) is 6.54 Å². The second-order valence-electron chi connectivity index (χ2n) is 5.98. The van der Waals surface area contributed by atoms with Gasteiger partial charge in [0.1, 0.15) is 5.84 Å². The normalized spacial score (nSPS) is 29.6. The number of aliphatic hydroxyl groups is 1. The highest BCUT2D eigenvalue weighted by atomic mass is 35.5. The molecule has 1 aromatic carbocycles. The van der Waals surface area contributed by atoms with E-state index in [9.17, 15) is 5.11 Å². The van der Waals surface area contributed by atoms with Crippen LogP contribution in [0.25, 0.3) is 0 Å². The van der Waals surface area contributed by atoms with Gasteiger partial charge in [0.15, 0.2) is 0 Å². The molecular formula is C15H20ClN3O. The Morgan fingerprint density at radius 1 is 1.40 bits per heavy atom. The zero-order chi connectivity index (χ0) is 14.3. The quantitative estimate of drug-likeness (QED) is 0.588. The first-order valence-corrected chi connectivity index (χ1v) is 7.45. The molecule has 3 unspecified atom stereocenters. The number of aliphatic hydroxyl groups excluding tert-OH is 1. The fourth-order valence-corrected chi connectivity index (χ4v) is 3.78. The molecule has 3 atom stereocenters. The molecule has 1 saturated heterocycles. The van der Waals surface area contributed by atoms with Gasteiger partial charge in [0, 0.05) is 36.1 Å². The average molecular weight is 294 g/mol. The molecule has 4 nitrogen and oxygen atoms in total. The Balaban J connectivity index is 1.68. The van der Waals surface area contributed by atoms with Gasteiger partial charge in [-0.15, -0.1) is 0 Å². The highest BCUT2D eigenvalue weighted by Gasteiger charge is 2.41. The number of fused-ring (bicyclic) bond motifs is 1. The van der Waals surface area contributed by atoms with E-state index in [2.05, 4.69) is 4.90 Å². The number of likely N-dealkylation sites (tertiary alicyclic amines) is 1. The standard InChI is InChI=1S/C15H20ClN3O/c16-13-5-9(15(17)18)1-2-11(13)7-19-6-10-3-4-14(20)12(10)8-19/h1-2,5,10,12,14,20H,3-4,6-8H2,(H3,17,18). The first-order valence-electron chi connectivity index (χ1n) is 7.08. The van der Waals surface area contributed by atoms with Gasteiger partial charge in [-0.3, -0.25) is 10.3 Å². The van der Waals surface area contributed by atoms with Crippen LogP contribution in [0, 0.1) is 17.2 Å². The molecule has 2 fully saturated rings. The fourth-order valence-electron chi connectivity index (χ4n) is 3.54. The van der Waals surface area contributed by atoms with Crippen LogP contribution >= 0.6 is 11.6 Å². The summed E-state index contributed by atoms with van der Waals surface area (Å²) in [7, 11) is 0. The first-order chi connectivity index (χ1) is 9.54. The van der Waals surface area contributed by atoms with Crippen molar-refractivity contribution in [1.82, 2.24) is 4.90 Å². The molecule has 0 bridgehead atoms. The Morgan fingerprint density at radius 2 is 2.20 bits per heavy atom. The lowest BCUT2D eigenvalue weighted by molar-refractivity contribution is 0.123. The second kappa shape index (κ2) is 5.35. The Kier molecular flexibility index (Phi) is 3.71. The summed E-state index contributed by atoms with van der Waals surface area (Å²) >= 11 is 6.27. The number of hydrogen-bond donors (Lipinski definition) is 3. The van der Waals surface area contributed by atoms with Crippen molar-refractivity contribution < 1.29 is 5.11 Å². The molecule has 0 aromatic heterocycles. The van der Waals surface area contributed by atoms with Gasteiger partial charge in [0.25, 0.3) is 0 Å². The number of rotatable bonds is 3. The highest BCUT2D eigenvalue weighted by Crippen LogP contribution is 2.38. The maximum atomic E-state index is 9.95. The van der Waals surface area contributed by atoms with Crippen molar-refractivity contribution in [3.05, 3.63) is 34.3 Å². The molecule has 5 heteroatoms. The Morgan fingerprint density at radius 3 is 2.85 bits per heavy atom. The monoisotopic (exact) mass is 293 g/mol. The third-order valence-electron chi connectivity index (χ3n) is 4.65. The summed E-state index contributed by atoms with van der Waals surface area (Å²) in [6.45, 7) is 2.81. The summed E-state index contributed by atoms with van der Waals surface area (Å²) in [5.74, 6) is 1.11. The summed E-state index contributed by atoms with van der Waals surface area (Å²) in [6, 6.07) is 5.55. The summed E-state index contributed by atoms with van der Waals surface area (Å²) < 4.78 is 0. The molecule has 1 aromatic rings. The van der Waals surface area contributed by atoms with Crippen LogP contribution in [0.15, 0.2) is 18.2 Å². The number of hydrogen-bond acceptors (Lipinski definition) is 3. The highest BCUT2D eigenvalue weighted by molar-refractivity contribution is 6.31. The van der Waals surface area contributed by atoms with Crippen molar-refractivity contribution in [1.29, 1.82) is 5.41 Å². The SMILES string of the molecule is N=C(N)c1ccc(CN2CC3CCC(O)C3C2)c(Cl)c1. The molecule has 4 N–H and O–H groups in total. The van der Waals surface area contributed by atoms with E-state index < -0.39 is 0 Å². The minimum atomic E-state index is -0.124. The molecule has 20 heavy (non-hydrogen) atoms. The fraction of sp³-hybridized carbons (Fsp3) is 0.533. The third kappa shape index (κ3) is 2.55. The lowest BCUT2D eigenvalue weighted by atomic mass is 10.00. The maximum Gasteiger partial charge on any atom is 0.122 e. The van der Waals surface area contributed by atoms with Crippen LogP contribution < -0.4 is 5.73 Å². The number of halogens is 1. The number of benzene rings is 1. The Bertz CT molecular complexity index is 534. The predicted molar refractivity (Wildman–Crippen MR) is 80.0 cm³/mol. The van der Waals surface area contributed by atoms with Crippen molar-refractivity contribution in [3.63, 3.8) is 0 Å². The molecule has 1 saturated carbocycles. The molecule has 2 aliphatic rings. The molecule has 1 heterocycles. The van der Waals surface area contributed by atoms with E-state index >= 15 is 0 Å². The van der Waals surface area contributed by atoms with E-state index in [1.54, 1.807) is 6.07 Å².